The average Bonchev–Trinajstić information content (AvgIpc) is 2.48. The topological polar surface area (TPSA) is 64.1 Å². The number of nitrogens with one attached hydrogen (secondary N) is 1. The van der Waals surface area contributed by atoms with Crippen molar-refractivity contribution in [3.8, 4) is 5.88 Å². The molecule has 0 unspecified atom stereocenters. The van der Waals surface area contributed by atoms with E-state index in [1.165, 1.54) is 0 Å². The van der Waals surface area contributed by atoms with Gasteiger partial charge in [-0.2, -0.15) is 0 Å². The van der Waals surface area contributed by atoms with Crippen molar-refractivity contribution in [2.75, 3.05) is 5.32 Å². The van der Waals surface area contributed by atoms with E-state index >= 15 is 0 Å². The minimum absolute atomic E-state index is 0.297. The molecule has 3 rings (SSSR count). The summed E-state index contributed by atoms with van der Waals surface area (Å²) < 4.78 is 5.19. The number of aromatic nitrogens is 2. The molecule has 1 aliphatic heterocycles. The fourth-order valence-corrected chi connectivity index (χ4v) is 1.82. The number of nitrogens with zero attached hydrogens (tertiary/aromatic N) is 2. The van der Waals surface area contributed by atoms with Crippen LogP contribution in [-0.2, 0) is 11.2 Å². The van der Waals surface area contributed by atoms with Gasteiger partial charge in [0.15, 0.2) is 0 Å². The number of hydrogen-bond acceptors (Lipinski definition) is 5. The van der Waals surface area contributed by atoms with E-state index in [-0.39, 0.29) is 0 Å². The molecule has 0 atom stereocenters. The van der Waals surface area contributed by atoms with Crippen LogP contribution >= 0.6 is 0 Å². The zero-order valence-corrected chi connectivity index (χ0v) is 10.0. The molecule has 0 bridgehead atoms. The number of carbonyl (C=O) groups is 1. The molecule has 19 heavy (non-hydrogen) atoms. The van der Waals surface area contributed by atoms with E-state index in [0.717, 1.165) is 11.4 Å². The number of anilines is 1. The lowest BCUT2D eigenvalue weighted by Crippen LogP contribution is -2.18. The summed E-state index contributed by atoms with van der Waals surface area (Å²) in [5.41, 5.74) is 1.52. The Morgan fingerprint density at radius 3 is 2.89 bits per heavy atom. The fourth-order valence-electron chi connectivity index (χ4n) is 1.82. The molecule has 2 aromatic heterocycles. The highest BCUT2D eigenvalue weighted by Crippen LogP contribution is 2.22. The van der Waals surface area contributed by atoms with Crippen LogP contribution in [0.25, 0.3) is 0 Å². The number of hydrogen-bond donors (Lipinski definition) is 1. The summed E-state index contributed by atoms with van der Waals surface area (Å²) in [5, 5.41) is 2.98. The summed E-state index contributed by atoms with van der Waals surface area (Å²) in [6.07, 6.45) is 5.41. The molecule has 0 saturated carbocycles. The highest BCUT2D eigenvalue weighted by Gasteiger charge is 2.19. The number of ether oxygens (including phenoxy) is 1. The fraction of sp³-hybridized carbons (Fsp3) is 0.0714. The van der Waals surface area contributed by atoms with E-state index in [9.17, 15) is 4.79 Å². The van der Waals surface area contributed by atoms with Gasteiger partial charge in [0, 0.05) is 31.1 Å². The van der Waals surface area contributed by atoms with Gasteiger partial charge < -0.3 is 10.1 Å². The van der Waals surface area contributed by atoms with Gasteiger partial charge in [-0.15, -0.1) is 0 Å². The minimum atomic E-state index is -0.402. The SMILES string of the molecule is O=C(Oc1ccccn1)C1=CNc2ncccc2C1. The van der Waals surface area contributed by atoms with Gasteiger partial charge in [0.25, 0.3) is 0 Å². The summed E-state index contributed by atoms with van der Waals surface area (Å²) in [4.78, 5) is 20.1. The second-order valence-electron chi connectivity index (χ2n) is 4.06. The summed E-state index contributed by atoms with van der Waals surface area (Å²) >= 11 is 0. The predicted molar refractivity (Wildman–Crippen MR) is 69.5 cm³/mol. The van der Waals surface area contributed by atoms with Gasteiger partial charge in [0.1, 0.15) is 5.82 Å². The molecule has 0 fully saturated rings. The second-order valence-corrected chi connectivity index (χ2v) is 4.06. The first-order chi connectivity index (χ1) is 9.33. The van der Waals surface area contributed by atoms with Crippen molar-refractivity contribution < 1.29 is 9.53 Å². The van der Waals surface area contributed by atoms with Crippen LogP contribution in [0.4, 0.5) is 5.82 Å². The van der Waals surface area contributed by atoms with Crippen LogP contribution in [0, 0.1) is 0 Å². The first-order valence-corrected chi connectivity index (χ1v) is 5.85. The lowest BCUT2D eigenvalue weighted by molar-refractivity contribution is -0.130. The van der Waals surface area contributed by atoms with Gasteiger partial charge in [-0.3, -0.25) is 0 Å². The molecule has 0 saturated heterocycles. The van der Waals surface area contributed by atoms with Gasteiger partial charge in [-0.25, -0.2) is 14.8 Å². The van der Waals surface area contributed by atoms with Gasteiger partial charge in [0.05, 0.1) is 5.57 Å². The maximum atomic E-state index is 12.0. The van der Waals surface area contributed by atoms with Crippen molar-refractivity contribution in [2.45, 2.75) is 6.42 Å². The van der Waals surface area contributed by atoms with Crippen LogP contribution in [0.3, 0.4) is 0 Å². The highest BCUT2D eigenvalue weighted by molar-refractivity contribution is 5.91. The van der Waals surface area contributed by atoms with Crippen LogP contribution in [0.15, 0.2) is 54.5 Å². The molecule has 0 aromatic carbocycles. The molecule has 0 radical (unpaired) electrons. The average molecular weight is 253 g/mol. The molecule has 94 valence electrons. The van der Waals surface area contributed by atoms with Crippen molar-refractivity contribution in [1.29, 1.82) is 0 Å². The quantitative estimate of drug-likeness (QED) is 0.828. The Labute approximate surface area is 110 Å². The van der Waals surface area contributed by atoms with Crippen molar-refractivity contribution in [3.63, 3.8) is 0 Å². The minimum Gasteiger partial charge on any atom is -0.404 e. The zero-order chi connectivity index (χ0) is 13.1. The summed E-state index contributed by atoms with van der Waals surface area (Å²) in [6, 6.07) is 8.94. The Balaban J connectivity index is 1.74. The van der Waals surface area contributed by atoms with Crippen molar-refractivity contribution in [3.05, 3.63) is 60.1 Å². The third-order valence-corrected chi connectivity index (χ3v) is 2.75. The van der Waals surface area contributed by atoms with E-state index in [4.69, 9.17) is 4.74 Å². The monoisotopic (exact) mass is 253 g/mol. The first-order valence-electron chi connectivity index (χ1n) is 5.85. The Morgan fingerprint density at radius 2 is 2.05 bits per heavy atom. The van der Waals surface area contributed by atoms with E-state index in [0.29, 0.717) is 17.9 Å². The van der Waals surface area contributed by atoms with Crippen molar-refractivity contribution in [1.82, 2.24) is 9.97 Å². The molecule has 1 aliphatic rings. The predicted octanol–water partition coefficient (Wildman–Crippen LogP) is 1.93. The Bertz CT molecular complexity index is 638. The van der Waals surface area contributed by atoms with Crippen molar-refractivity contribution >= 4 is 11.8 Å². The summed E-state index contributed by atoms with van der Waals surface area (Å²) in [6.45, 7) is 0. The molecular weight excluding hydrogens is 242 g/mol. The standard InChI is InChI=1S/C14H11N3O2/c18-14(19-12-5-1-2-6-15-12)11-8-10-4-3-7-16-13(10)17-9-11/h1-7,9H,8H2,(H,16,17). The third kappa shape index (κ3) is 2.44. The molecular formula is C14H11N3O2. The normalized spacial score (nSPS) is 12.9. The summed E-state index contributed by atoms with van der Waals surface area (Å²) in [7, 11) is 0. The van der Waals surface area contributed by atoms with E-state index in [1.54, 1.807) is 36.8 Å². The van der Waals surface area contributed by atoms with Crippen LogP contribution in [-0.4, -0.2) is 15.9 Å². The number of carbonyl (C=O) groups excluding carboxylic acids is 1. The third-order valence-electron chi connectivity index (χ3n) is 2.75. The number of rotatable bonds is 2. The molecule has 2 aromatic rings. The van der Waals surface area contributed by atoms with Crippen LogP contribution in [0.1, 0.15) is 5.56 Å². The zero-order valence-electron chi connectivity index (χ0n) is 10.0. The van der Waals surface area contributed by atoms with Crippen LogP contribution in [0.5, 0.6) is 5.88 Å². The molecule has 3 heterocycles. The van der Waals surface area contributed by atoms with Crippen LogP contribution in [0.2, 0.25) is 0 Å². The Morgan fingerprint density at radius 1 is 1.16 bits per heavy atom. The van der Waals surface area contributed by atoms with Gasteiger partial charge >= 0.3 is 5.97 Å². The highest BCUT2D eigenvalue weighted by atomic mass is 16.5. The lowest BCUT2D eigenvalue weighted by atomic mass is 10.0. The van der Waals surface area contributed by atoms with E-state index in [2.05, 4.69) is 15.3 Å². The first kappa shape index (κ1) is 11.4. The van der Waals surface area contributed by atoms with E-state index < -0.39 is 5.97 Å². The largest absolute Gasteiger partial charge is 0.404 e. The molecule has 0 amide bonds. The summed E-state index contributed by atoms with van der Waals surface area (Å²) in [5.74, 6) is 0.669. The molecule has 1 N–H and O–H groups in total. The maximum absolute atomic E-state index is 12.0. The van der Waals surface area contributed by atoms with Crippen molar-refractivity contribution in [2.24, 2.45) is 0 Å². The smallest absolute Gasteiger partial charge is 0.342 e. The maximum Gasteiger partial charge on any atom is 0.342 e. The number of pyridine rings is 2. The Hall–Kier alpha value is -2.69. The number of fused-ring (bicyclic) bond motifs is 1. The van der Waals surface area contributed by atoms with Crippen LogP contribution < -0.4 is 10.1 Å². The Kier molecular flexibility index (Phi) is 2.94. The van der Waals surface area contributed by atoms with Gasteiger partial charge in [-0.05, 0) is 17.7 Å². The molecule has 0 spiro atoms. The van der Waals surface area contributed by atoms with E-state index in [1.807, 2.05) is 12.1 Å². The number of esters is 1. The second kappa shape index (κ2) is 4.89. The molecule has 5 heteroatoms. The molecule has 0 aliphatic carbocycles. The lowest BCUT2D eigenvalue weighted by Gasteiger charge is -2.15. The van der Waals surface area contributed by atoms with Gasteiger partial charge in [0.2, 0.25) is 5.88 Å². The van der Waals surface area contributed by atoms with Gasteiger partial charge in [-0.1, -0.05) is 12.1 Å². The molecule has 5 nitrogen and oxygen atoms in total.